The smallest absolute Gasteiger partial charge is 0.326 e. The van der Waals surface area contributed by atoms with Gasteiger partial charge in [-0.05, 0) is 18.1 Å². The highest BCUT2D eigenvalue weighted by Gasteiger charge is 2.23. The van der Waals surface area contributed by atoms with Crippen LogP contribution in [0.2, 0.25) is 0 Å². The van der Waals surface area contributed by atoms with Crippen molar-refractivity contribution in [3.05, 3.63) is 29.8 Å². The highest BCUT2D eigenvalue weighted by Crippen LogP contribution is 2.13. The summed E-state index contributed by atoms with van der Waals surface area (Å²) >= 11 is 0. The molecule has 7 heteroatoms. The van der Waals surface area contributed by atoms with Crippen molar-refractivity contribution in [1.29, 1.82) is 0 Å². The van der Waals surface area contributed by atoms with Crippen LogP contribution in [0.25, 0.3) is 0 Å². The second kappa shape index (κ2) is 6.12. The largest absolute Gasteiger partial charge is 0.480 e. The molecule has 5 nitrogen and oxygen atoms in total. The first kappa shape index (κ1) is 14.9. The van der Waals surface area contributed by atoms with Crippen LogP contribution in [0, 0.1) is 17.6 Å². The van der Waals surface area contributed by atoms with Crippen LogP contribution in [0.1, 0.15) is 13.8 Å². The summed E-state index contributed by atoms with van der Waals surface area (Å²) in [6, 6.07) is 0.975. The summed E-state index contributed by atoms with van der Waals surface area (Å²) in [5.41, 5.74) is 0.0318. The number of halogens is 2. The number of aliphatic carboxylic acids is 1. The molecule has 0 aliphatic heterocycles. The third kappa shape index (κ3) is 4.20. The minimum atomic E-state index is -1.17. The minimum Gasteiger partial charge on any atom is -0.480 e. The molecular formula is C12H14F2N2O3. The standard InChI is InChI=1S/C12H14F2N2O3/c1-6(2)10(11(17)18)16-12(19)15-7-3-4-8(13)9(14)5-7/h3-6,10H,1-2H3,(H,17,18)(H2,15,16,19). The molecular weight excluding hydrogens is 258 g/mol. The van der Waals surface area contributed by atoms with Crippen LogP contribution in [-0.4, -0.2) is 23.1 Å². The van der Waals surface area contributed by atoms with Gasteiger partial charge in [-0.2, -0.15) is 0 Å². The number of hydrogen-bond donors (Lipinski definition) is 3. The lowest BCUT2D eigenvalue weighted by atomic mass is 10.1. The monoisotopic (exact) mass is 272 g/mol. The van der Waals surface area contributed by atoms with Crippen LogP contribution in [-0.2, 0) is 4.79 Å². The van der Waals surface area contributed by atoms with Gasteiger partial charge in [0.25, 0.3) is 0 Å². The van der Waals surface area contributed by atoms with Gasteiger partial charge in [0, 0.05) is 11.8 Å². The van der Waals surface area contributed by atoms with E-state index in [1.807, 2.05) is 0 Å². The van der Waals surface area contributed by atoms with Crippen molar-refractivity contribution in [1.82, 2.24) is 5.32 Å². The molecule has 0 bridgehead atoms. The lowest BCUT2D eigenvalue weighted by Gasteiger charge is -2.18. The number of amides is 2. The third-order valence-electron chi connectivity index (χ3n) is 2.40. The Hall–Kier alpha value is -2.18. The topological polar surface area (TPSA) is 78.4 Å². The zero-order chi connectivity index (χ0) is 14.6. The van der Waals surface area contributed by atoms with Gasteiger partial charge >= 0.3 is 12.0 Å². The Morgan fingerprint density at radius 3 is 2.32 bits per heavy atom. The van der Waals surface area contributed by atoms with E-state index in [2.05, 4.69) is 10.6 Å². The van der Waals surface area contributed by atoms with Gasteiger partial charge in [0.2, 0.25) is 0 Å². The number of benzene rings is 1. The van der Waals surface area contributed by atoms with Crippen LogP contribution in [0.3, 0.4) is 0 Å². The van der Waals surface area contributed by atoms with Crippen molar-refractivity contribution in [2.45, 2.75) is 19.9 Å². The Kier molecular flexibility index (Phi) is 4.80. The van der Waals surface area contributed by atoms with Crippen molar-refractivity contribution in [3.8, 4) is 0 Å². The Bertz CT molecular complexity index is 492. The Balaban J connectivity index is 2.69. The number of urea groups is 1. The molecule has 0 fully saturated rings. The predicted octanol–water partition coefficient (Wildman–Crippen LogP) is 2.20. The SMILES string of the molecule is CC(C)C(NC(=O)Nc1ccc(F)c(F)c1)C(=O)O. The summed E-state index contributed by atoms with van der Waals surface area (Å²) in [4.78, 5) is 22.4. The summed E-state index contributed by atoms with van der Waals surface area (Å²) in [7, 11) is 0. The van der Waals surface area contributed by atoms with Gasteiger partial charge in [0.15, 0.2) is 11.6 Å². The molecule has 0 aliphatic carbocycles. The maximum atomic E-state index is 12.9. The molecule has 0 spiro atoms. The van der Waals surface area contributed by atoms with Gasteiger partial charge in [-0.3, -0.25) is 0 Å². The van der Waals surface area contributed by atoms with Crippen molar-refractivity contribution < 1.29 is 23.5 Å². The fourth-order valence-electron chi connectivity index (χ4n) is 1.40. The molecule has 0 aliphatic rings. The highest BCUT2D eigenvalue weighted by molar-refractivity contribution is 5.92. The Labute approximate surface area is 108 Å². The third-order valence-corrected chi connectivity index (χ3v) is 2.40. The summed E-state index contributed by atoms with van der Waals surface area (Å²) in [6.07, 6.45) is 0. The maximum absolute atomic E-state index is 12.9. The second-order valence-electron chi connectivity index (χ2n) is 4.29. The van der Waals surface area contributed by atoms with Crippen LogP contribution < -0.4 is 10.6 Å². The summed E-state index contributed by atoms with van der Waals surface area (Å²) < 4.78 is 25.6. The van der Waals surface area contributed by atoms with Gasteiger partial charge in [-0.25, -0.2) is 18.4 Å². The number of carboxylic acid groups (broad SMARTS) is 1. The fraction of sp³-hybridized carbons (Fsp3) is 0.333. The molecule has 19 heavy (non-hydrogen) atoms. The summed E-state index contributed by atoms with van der Waals surface area (Å²) in [5.74, 6) is -3.61. The molecule has 2 amide bonds. The zero-order valence-corrected chi connectivity index (χ0v) is 10.4. The average molecular weight is 272 g/mol. The van der Waals surface area contributed by atoms with Gasteiger partial charge in [0.1, 0.15) is 6.04 Å². The van der Waals surface area contributed by atoms with E-state index in [9.17, 15) is 18.4 Å². The van der Waals surface area contributed by atoms with E-state index in [4.69, 9.17) is 5.11 Å². The molecule has 0 saturated heterocycles. The van der Waals surface area contributed by atoms with Gasteiger partial charge in [-0.15, -0.1) is 0 Å². The van der Waals surface area contributed by atoms with Gasteiger partial charge < -0.3 is 15.7 Å². The Morgan fingerprint density at radius 1 is 1.21 bits per heavy atom. The first-order chi connectivity index (χ1) is 8.81. The van der Waals surface area contributed by atoms with Crippen molar-refractivity contribution in [3.63, 3.8) is 0 Å². The van der Waals surface area contributed by atoms with E-state index in [1.165, 1.54) is 6.07 Å². The molecule has 1 atom stereocenters. The molecule has 3 N–H and O–H groups in total. The molecule has 1 rings (SSSR count). The fourth-order valence-corrected chi connectivity index (χ4v) is 1.40. The molecule has 0 saturated carbocycles. The quantitative estimate of drug-likeness (QED) is 0.786. The summed E-state index contributed by atoms with van der Waals surface area (Å²) in [6.45, 7) is 3.27. The summed E-state index contributed by atoms with van der Waals surface area (Å²) in [5, 5.41) is 13.3. The molecule has 1 unspecified atom stereocenters. The Morgan fingerprint density at radius 2 is 1.84 bits per heavy atom. The lowest BCUT2D eigenvalue weighted by Crippen LogP contribution is -2.46. The van der Waals surface area contributed by atoms with Crippen LogP contribution >= 0.6 is 0 Å². The number of carbonyl (C=O) groups is 2. The number of carboxylic acids is 1. The molecule has 104 valence electrons. The number of hydrogen-bond acceptors (Lipinski definition) is 2. The second-order valence-corrected chi connectivity index (χ2v) is 4.29. The van der Waals surface area contributed by atoms with E-state index in [1.54, 1.807) is 13.8 Å². The van der Waals surface area contributed by atoms with Crippen LogP contribution in [0.5, 0.6) is 0 Å². The van der Waals surface area contributed by atoms with E-state index >= 15 is 0 Å². The number of nitrogens with one attached hydrogen (secondary N) is 2. The first-order valence-corrected chi connectivity index (χ1v) is 5.56. The molecule has 1 aromatic carbocycles. The van der Waals surface area contributed by atoms with Gasteiger partial charge in [-0.1, -0.05) is 13.8 Å². The molecule has 1 aromatic rings. The van der Waals surface area contributed by atoms with Crippen LogP contribution in [0.15, 0.2) is 18.2 Å². The maximum Gasteiger partial charge on any atom is 0.326 e. The van der Waals surface area contributed by atoms with Crippen molar-refractivity contribution >= 4 is 17.7 Å². The molecule has 0 aromatic heterocycles. The minimum absolute atomic E-state index is 0.0318. The predicted molar refractivity (Wildman–Crippen MR) is 64.8 cm³/mol. The number of rotatable bonds is 4. The van der Waals surface area contributed by atoms with Crippen molar-refractivity contribution in [2.75, 3.05) is 5.32 Å². The molecule has 0 radical (unpaired) electrons. The highest BCUT2D eigenvalue weighted by atomic mass is 19.2. The van der Waals surface area contributed by atoms with E-state index in [0.717, 1.165) is 12.1 Å². The first-order valence-electron chi connectivity index (χ1n) is 5.56. The lowest BCUT2D eigenvalue weighted by molar-refractivity contribution is -0.140. The number of carbonyl (C=O) groups excluding carboxylic acids is 1. The van der Waals surface area contributed by atoms with Crippen molar-refractivity contribution in [2.24, 2.45) is 5.92 Å². The number of anilines is 1. The van der Waals surface area contributed by atoms with E-state index < -0.39 is 29.7 Å². The van der Waals surface area contributed by atoms with Crippen LogP contribution in [0.4, 0.5) is 19.3 Å². The van der Waals surface area contributed by atoms with Gasteiger partial charge in [0.05, 0.1) is 0 Å². The normalized spacial score (nSPS) is 12.1. The zero-order valence-electron chi connectivity index (χ0n) is 10.4. The van der Waals surface area contributed by atoms with E-state index in [0.29, 0.717) is 0 Å². The van der Waals surface area contributed by atoms with E-state index in [-0.39, 0.29) is 11.6 Å². The molecule has 0 heterocycles. The average Bonchev–Trinajstić information content (AvgIpc) is 2.30.